The maximum absolute atomic E-state index is 10.6. The first kappa shape index (κ1) is 14.4. The predicted octanol–water partition coefficient (Wildman–Crippen LogP) is 2.27. The van der Waals surface area contributed by atoms with Crippen LogP contribution in [0, 0.1) is 10.1 Å². The number of anilines is 2. The fourth-order valence-electron chi connectivity index (χ4n) is 2.06. The van der Waals surface area contributed by atoms with Crippen molar-refractivity contribution in [2.75, 3.05) is 11.5 Å². The number of nitro benzene ring substituents is 1. The number of aromatic nitrogens is 3. The molecule has 0 aliphatic rings. The number of nitrogen functional groups attached to an aromatic ring is 2. The molecule has 0 saturated heterocycles. The van der Waals surface area contributed by atoms with E-state index in [0.29, 0.717) is 11.0 Å². The van der Waals surface area contributed by atoms with Gasteiger partial charge in [-0.1, -0.05) is 12.2 Å². The van der Waals surface area contributed by atoms with Crippen molar-refractivity contribution in [3.63, 3.8) is 0 Å². The molecule has 0 spiro atoms. The number of benzene rings is 1. The van der Waals surface area contributed by atoms with Gasteiger partial charge in [-0.25, -0.2) is 4.98 Å². The Bertz CT molecular complexity index is 921. The molecule has 2 aromatic heterocycles. The van der Waals surface area contributed by atoms with E-state index in [4.69, 9.17) is 11.5 Å². The van der Waals surface area contributed by atoms with Crippen LogP contribution in [0.2, 0.25) is 0 Å². The zero-order valence-electron chi connectivity index (χ0n) is 11.9. The lowest BCUT2D eigenvalue weighted by Gasteiger charge is -2.02. The fraction of sp³-hybridized carbons (Fsp3) is 0. The molecule has 8 nitrogen and oxygen atoms in total. The third kappa shape index (κ3) is 3.05. The molecule has 0 amide bonds. The molecular formula is C15H12N6O2. The van der Waals surface area contributed by atoms with Gasteiger partial charge in [0.2, 0.25) is 5.95 Å². The highest BCUT2D eigenvalue weighted by Crippen LogP contribution is 2.20. The van der Waals surface area contributed by atoms with Crippen LogP contribution in [0.1, 0.15) is 11.1 Å². The monoisotopic (exact) mass is 308 g/mol. The van der Waals surface area contributed by atoms with Gasteiger partial charge in [-0.05, 0) is 29.3 Å². The van der Waals surface area contributed by atoms with E-state index in [1.807, 2.05) is 12.2 Å². The van der Waals surface area contributed by atoms with Crippen LogP contribution in [-0.4, -0.2) is 19.9 Å². The molecule has 0 radical (unpaired) electrons. The van der Waals surface area contributed by atoms with Crippen LogP contribution in [-0.2, 0) is 0 Å². The third-order valence-electron chi connectivity index (χ3n) is 3.19. The number of fused-ring (bicyclic) bond motifs is 1. The van der Waals surface area contributed by atoms with Gasteiger partial charge in [-0.3, -0.25) is 10.1 Å². The molecule has 0 aliphatic carbocycles. The summed E-state index contributed by atoms with van der Waals surface area (Å²) in [6.45, 7) is 0. The van der Waals surface area contributed by atoms with Gasteiger partial charge >= 0.3 is 0 Å². The number of nitrogens with two attached hydrogens (primary N) is 2. The van der Waals surface area contributed by atoms with Gasteiger partial charge in [0.1, 0.15) is 5.82 Å². The first-order valence-corrected chi connectivity index (χ1v) is 6.64. The van der Waals surface area contributed by atoms with Crippen LogP contribution in [0.4, 0.5) is 17.5 Å². The fourth-order valence-corrected chi connectivity index (χ4v) is 2.06. The van der Waals surface area contributed by atoms with Gasteiger partial charge in [-0.15, -0.1) is 0 Å². The predicted molar refractivity (Wildman–Crippen MR) is 88.2 cm³/mol. The number of nitrogens with zero attached hydrogens (tertiary/aromatic N) is 4. The van der Waals surface area contributed by atoms with Crippen molar-refractivity contribution in [1.29, 1.82) is 0 Å². The lowest BCUT2D eigenvalue weighted by molar-refractivity contribution is -0.384. The molecule has 2 heterocycles. The number of hydrogen-bond acceptors (Lipinski definition) is 7. The van der Waals surface area contributed by atoms with Gasteiger partial charge in [0, 0.05) is 18.3 Å². The maximum atomic E-state index is 10.6. The molecule has 0 bridgehead atoms. The summed E-state index contributed by atoms with van der Waals surface area (Å²) in [5.74, 6) is 0.349. The van der Waals surface area contributed by atoms with Gasteiger partial charge in [-0.2, -0.15) is 9.97 Å². The summed E-state index contributed by atoms with van der Waals surface area (Å²) in [6, 6.07) is 8.04. The second-order valence-electron chi connectivity index (χ2n) is 4.79. The van der Waals surface area contributed by atoms with E-state index in [2.05, 4.69) is 15.0 Å². The number of hydrogen-bond donors (Lipinski definition) is 2. The first-order valence-electron chi connectivity index (χ1n) is 6.64. The van der Waals surface area contributed by atoms with Crippen LogP contribution in [0.15, 0.2) is 36.5 Å². The summed E-state index contributed by atoms with van der Waals surface area (Å²) in [5, 5.41) is 11.2. The zero-order valence-corrected chi connectivity index (χ0v) is 11.9. The van der Waals surface area contributed by atoms with E-state index in [-0.39, 0.29) is 17.5 Å². The molecule has 0 aliphatic heterocycles. The number of non-ortho nitro benzene ring substituents is 1. The minimum atomic E-state index is -0.435. The van der Waals surface area contributed by atoms with Crippen LogP contribution >= 0.6 is 0 Å². The summed E-state index contributed by atoms with van der Waals surface area (Å²) in [6.07, 6.45) is 5.28. The molecule has 4 N–H and O–H groups in total. The van der Waals surface area contributed by atoms with Gasteiger partial charge in [0.15, 0.2) is 5.65 Å². The topological polar surface area (TPSA) is 134 Å². The number of nitro groups is 1. The molecule has 0 atom stereocenters. The molecule has 114 valence electrons. The van der Waals surface area contributed by atoms with Crippen LogP contribution < -0.4 is 11.5 Å². The Morgan fingerprint density at radius 1 is 1.04 bits per heavy atom. The molecule has 3 aromatic rings. The van der Waals surface area contributed by atoms with E-state index in [0.717, 1.165) is 11.1 Å². The minimum Gasteiger partial charge on any atom is -0.383 e. The van der Waals surface area contributed by atoms with Gasteiger partial charge in [0.25, 0.3) is 5.69 Å². The summed E-state index contributed by atoms with van der Waals surface area (Å²) >= 11 is 0. The quantitative estimate of drug-likeness (QED) is 0.559. The first-order chi connectivity index (χ1) is 11.0. The van der Waals surface area contributed by atoms with Crippen molar-refractivity contribution < 1.29 is 4.92 Å². The van der Waals surface area contributed by atoms with Crippen molar-refractivity contribution in [3.05, 3.63) is 57.8 Å². The van der Waals surface area contributed by atoms with Gasteiger partial charge in [0.05, 0.1) is 10.3 Å². The Balaban J connectivity index is 1.90. The summed E-state index contributed by atoms with van der Waals surface area (Å²) < 4.78 is 0. The Kier molecular flexibility index (Phi) is 3.55. The van der Waals surface area contributed by atoms with E-state index in [1.54, 1.807) is 24.4 Å². The van der Waals surface area contributed by atoms with E-state index in [1.165, 1.54) is 12.1 Å². The van der Waals surface area contributed by atoms with Crippen LogP contribution in [0.5, 0.6) is 0 Å². The minimum absolute atomic E-state index is 0.0528. The Hall–Kier alpha value is -3.55. The molecular weight excluding hydrogens is 296 g/mol. The molecule has 1 aromatic carbocycles. The van der Waals surface area contributed by atoms with E-state index >= 15 is 0 Å². The molecule has 3 rings (SSSR count). The number of rotatable bonds is 3. The average molecular weight is 308 g/mol. The SMILES string of the molecule is Nc1nc(N)c2cc(/C=C/c3ccc([N+](=O)[O-])cc3)cnc2n1. The highest BCUT2D eigenvalue weighted by Gasteiger charge is 2.05. The van der Waals surface area contributed by atoms with Crippen LogP contribution in [0.25, 0.3) is 23.2 Å². The van der Waals surface area contributed by atoms with Crippen molar-refractivity contribution >= 4 is 40.6 Å². The zero-order chi connectivity index (χ0) is 16.4. The van der Waals surface area contributed by atoms with E-state index in [9.17, 15) is 10.1 Å². The van der Waals surface area contributed by atoms with Crippen molar-refractivity contribution in [2.45, 2.75) is 0 Å². The lowest BCUT2D eigenvalue weighted by atomic mass is 10.1. The summed E-state index contributed by atoms with van der Waals surface area (Å²) in [4.78, 5) is 22.3. The molecule has 23 heavy (non-hydrogen) atoms. The molecule has 0 fully saturated rings. The van der Waals surface area contributed by atoms with E-state index < -0.39 is 4.92 Å². The van der Waals surface area contributed by atoms with Gasteiger partial charge < -0.3 is 11.5 Å². The lowest BCUT2D eigenvalue weighted by Crippen LogP contribution is -2.01. The normalized spacial score (nSPS) is 11.1. The Labute approximate surface area is 130 Å². The van der Waals surface area contributed by atoms with Crippen molar-refractivity contribution in [2.24, 2.45) is 0 Å². The van der Waals surface area contributed by atoms with Crippen LogP contribution in [0.3, 0.4) is 0 Å². The maximum Gasteiger partial charge on any atom is 0.269 e. The average Bonchev–Trinajstić information content (AvgIpc) is 2.53. The molecule has 0 saturated carbocycles. The second kappa shape index (κ2) is 5.68. The summed E-state index contributed by atoms with van der Waals surface area (Å²) in [7, 11) is 0. The third-order valence-corrected chi connectivity index (χ3v) is 3.19. The Morgan fingerprint density at radius 2 is 1.74 bits per heavy atom. The second-order valence-corrected chi connectivity index (χ2v) is 4.79. The number of pyridine rings is 1. The highest BCUT2D eigenvalue weighted by atomic mass is 16.6. The largest absolute Gasteiger partial charge is 0.383 e. The molecule has 0 unspecified atom stereocenters. The van der Waals surface area contributed by atoms with Crippen molar-refractivity contribution in [1.82, 2.24) is 15.0 Å². The van der Waals surface area contributed by atoms with Crippen molar-refractivity contribution in [3.8, 4) is 0 Å². The standard InChI is InChI=1S/C15H12N6O2/c16-13-12-7-10(8-18-14(12)20-15(17)19-13)2-1-9-3-5-11(6-4-9)21(22)23/h1-8H,(H4,16,17,18,19,20)/b2-1+. The molecule has 8 heteroatoms. The highest BCUT2D eigenvalue weighted by molar-refractivity contribution is 5.88. The summed E-state index contributed by atoms with van der Waals surface area (Å²) in [5.41, 5.74) is 13.5. The smallest absolute Gasteiger partial charge is 0.269 e. The Morgan fingerprint density at radius 3 is 2.43 bits per heavy atom.